The van der Waals surface area contributed by atoms with E-state index in [4.69, 9.17) is 0 Å². The number of imidazole rings is 2. The largest absolute Gasteiger partial charge is 0.347 e. The van der Waals surface area contributed by atoms with Crippen LogP contribution >= 0.6 is 0 Å². The van der Waals surface area contributed by atoms with Gasteiger partial charge < -0.3 is 14.9 Å². The normalized spacial score (nSPS) is 19.6. The first-order chi connectivity index (χ1) is 15.2. The highest BCUT2D eigenvalue weighted by atomic mass is 15.3. The number of H-pyrrole nitrogens is 2. The summed E-state index contributed by atoms with van der Waals surface area (Å²) >= 11 is 0. The van der Waals surface area contributed by atoms with E-state index in [2.05, 4.69) is 55.4 Å². The van der Waals surface area contributed by atoms with Gasteiger partial charge >= 0.3 is 0 Å². The molecular weight excluding hydrogens is 386 g/mol. The molecule has 2 N–H and O–H groups in total. The Kier molecular flexibility index (Phi) is 10.0. The van der Waals surface area contributed by atoms with Crippen molar-refractivity contribution in [1.82, 2.24) is 34.6 Å². The third-order valence-electron chi connectivity index (χ3n) is 6.83. The molecule has 0 bridgehead atoms. The molecule has 1 fully saturated rings. The Hall–Kier alpha value is -1.70. The van der Waals surface area contributed by atoms with E-state index in [0.717, 1.165) is 50.9 Å². The molecule has 174 valence electrons. The molecule has 0 spiro atoms. The molecule has 0 aliphatic carbocycles. The molecule has 3 heterocycles. The topological polar surface area (TPSA) is 67.1 Å². The lowest BCUT2D eigenvalue weighted by Crippen LogP contribution is -2.39. The van der Waals surface area contributed by atoms with Crippen molar-refractivity contribution in [3.63, 3.8) is 0 Å². The van der Waals surface area contributed by atoms with Gasteiger partial charge in [-0.05, 0) is 26.8 Å². The van der Waals surface area contributed by atoms with Crippen LogP contribution in [0.4, 0.5) is 0 Å². The van der Waals surface area contributed by atoms with E-state index < -0.39 is 0 Å². The third-order valence-corrected chi connectivity index (χ3v) is 6.83. The van der Waals surface area contributed by atoms with Gasteiger partial charge in [0.1, 0.15) is 11.6 Å². The summed E-state index contributed by atoms with van der Waals surface area (Å²) in [5.74, 6) is 2.12. The fraction of sp³-hybridized carbons (Fsp3) is 0.750. The Morgan fingerprint density at radius 2 is 1.23 bits per heavy atom. The summed E-state index contributed by atoms with van der Waals surface area (Å²) in [4.78, 5) is 23.5. The van der Waals surface area contributed by atoms with Gasteiger partial charge in [0, 0.05) is 64.1 Å². The fourth-order valence-electron chi connectivity index (χ4n) is 4.60. The van der Waals surface area contributed by atoms with Crippen molar-refractivity contribution in [2.24, 2.45) is 0 Å². The molecule has 2 aromatic heterocycles. The zero-order chi connectivity index (χ0) is 21.9. The molecule has 7 nitrogen and oxygen atoms in total. The summed E-state index contributed by atoms with van der Waals surface area (Å²) in [6, 6.07) is 0.592. The molecule has 7 heteroatoms. The van der Waals surface area contributed by atoms with Crippen LogP contribution in [0.1, 0.15) is 83.0 Å². The summed E-state index contributed by atoms with van der Waals surface area (Å²) in [6.45, 7) is 14.5. The van der Waals surface area contributed by atoms with Crippen LogP contribution in [0, 0.1) is 0 Å². The maximum atomic E-state index is 4.53. The van der Waals surface area contributed by atoms with Crippen LogP contribution in [-0.2, 0) is 0 Å². The molecule has 1 aliphatic heterocycles. The van der Waals surface area contributed by atoms with E-state index >= 15 is 0 Å². The van der Waals surface area contributed by atoms with Gasteiger partial charge in [0.25, 0.3) is 0 Å². The van der Waals surface area contributed by atoms with Gasteiger partial charge in [-0.3, -0.25) is 9.80 Å². The average molecular weight is 430 g/mol. The predicted octanol–water partition coefficient (Wildman–Crippen LogP) is 4.24. The van der Waals surface area contributed by atoms with Crippen molar-refractivity contribution in [2.45, 2.75) is 71.4 Å². The molecule has 2 atom stereocenters. The molecule has 0 aromatic carbocycles. The Labute approximate surface area is 188 Å². The second-order valence-corrected chi connectivity index (χ2v) is 8.98. The second-order valence-electron chi connectivity index (χ2n) is 8.98. The average Bonchev–Trinajstić information content (AvgIpc) is 3.51. The first-order valence-electron chi connectivity index (χ1n) is 12.4. The lowest BCUT2D eigenvalue weighted by molar-refractivity contribution is 0.152. The molecule has 0 amide bonds. The molecule has 3 rings (SSSR count). The van der Waals surface area contributed by atoms with Crippen molar-refractivity contribution in [3.8, 4) is 0 Å². The van der Waals surface area contributed by atoms with Gasteiger partial charge in [-0.2, -0.15) is 0 Å². The summed E-state index contributed by atoms with van der Waals surface area (Å²) in [7, 11) is 0. The lowest BCUT2D eigenvalue weighted by atomic mass is 10.1. The number of hydrogen-bond donors (Lipinski definition) is 2. The molecular formula is C24H43N7. The van der Waals surface area contributed by atoms with E-state index in [9.17, 15) is 0 Å². The van der Waals surface area contributed by atoms with Crippen LogP contribution in [-0.4, -0.2) is 80.4 Å². The molecule has 0 saturated carbocycles. The molecule has 31 heavy (non-hydrogen) atoms. The smallest absolute Gasteiger partial charge is 0.123 e. The van der Waals surface area contributed by atoms with Crippen molar-refractivity contribution in [1.29, 1.82) is 0 Å². The molecule has 0 radical (unpaired) electrons. The van der Waals surface area contributed by atoms with Crippen LogP contribution in [0.5, 0.6) is 0 Å². The van der Waals surface area contributed by atoms with Crippen LogP contribution in [0.15, 0.2) is 24.8 Å². The van der Waals surface area contributed by atoms with Crippen LogP contribution in [0.25, 0.3) is 0 Å². The van der Waals surface area contributed by atoms with Crippen molar-refractivity contribution in [3.05, 3.63) is 36.4 Å². The summed E-state index contributed by atoms with van der Waals surface area (Å²) in [5, 5.41) is 0. The zero-order valence-corrected chi connectivity index (χ0v) is 19.9. The number of aromatic amines is 2. The van der Waals surface area contributed by atoms with E-state index in [-0.39, 0.29) is 0 Å². The van der Waals surface area contributed by atoms with Crippen LogP contribution in [0.3, 0.4) is 0 Å². The van der Waals surface area contributed by atoms with Gasteiger partial charge in [0.05, 0.1) is 12.1 Å². The Morgan fingerprint density at radius 3 is 1.71 bits per heavy atom. The quantitative estimate of drug-likeness (QED) is 0.523. The SMILES string of the molecule is CCCCCCCCN1CCN(C(C)c2ncc[nH]2)CCN(C(C)c2ncc[nH]2)CC1. The minimum absolute atomic E-state index is 0.296. The van der Waals surface area contributed by atoms with Crippen molar-refractivity contribution >= 4 is 0 Å². The van der Waals surface area contributed by atoms with Gasteiger partial charge in [-0.25, -0.2) is 9.97 Å². The summed E-state index contributed by atoms with van der Waals surface area (Å²) in [5.41, 5.74) is 0. The second kappa shape index (κ2) is 13.0. The van der Waals surface area contributed by atoms with Gasteiger partial charge in [-0.15, -0.1) is 0 Å². The predicted molar refractivity (Wildman–Crippen MR) is 127 cm³/mol. The number of nitrogens with one attached hydrogen (secondary N) is 2. The Balaban J connectivity index is 1.61. The van der Waals surface area contributed by atoms with E-state index in [1.807, 2.05) is 24.8 Å². The lowest BCUT2D eigenvalue weighted by Gasteiger charge is -2.31. The third kappa shape index (κ3) is 7.44. The Bertz CT molecular complexity index is 633. The first kappa shape index (κ1) is 24.0. The highest BCUT2D eigenvalue weighted by Crippen LogP contribution is 2.21. The molecule has 2 aromatic rings. The van der Waals surface area contributed by atoms with E-state index in [1.54, 1.807) is 0 Å². The van der Waals surface area contributed by atoms with Gasteiger partial charge in [0.15, 0.2) is 0 Å². The summed E-state index contributed by atoms with van der Waals surface area (Å²) < 4.78 is 0. The van der Waals surface area contributed by atoms with Gasteiger partial charge in [0.2, 0.25) is 0 Å². The standard InChI is InChI=1S/C24H43N7/c1-4-5-6-7-8-9-14-29-15-17-30(21(2)23-25-10-11-26-23)19-20-31(18-16-29)22(3)24-27-12-13-28-24/h10-13,21-22H,4-9,14-20H2,1-3H3,(H,25,26)(H,27,28). The number of hydrogen-bond acceptors (Lipinski definition) is 5. The Morgan fingerprint density at radius 1 is 0.742 bits per heavy atom. The highest BCUT2D eigenvalue weighted by molar-refractivity contribution is 4.97. The van der Waals surface area contributed by atoms with Crippen molar-refractivity contribution < 1.29 is 0 Å². The van der Waals surface area contributed by atoms with E-state index in [1.165, 1.54) is 45.1 Å². The highest BCUT2D eigenvalue weighted by Gasteiger charge is 2.25. The summed E-state index contributed by atoms with van der Waals surface area (Å²) in [6.07, 6.45) is 15.7. The van der Waals surface area contributed by atoms with E-state index in [0.29, 0.717) is 12.1 Å². The maximum Gasteiger partial charge on any atom is 0.123 e. The number of rotatable bonds is 11. The van der Waals surface area contributed by atoms with Crippen LogP contribution < -0.4 is 0 Å². The maximum absolute atomic E-state index is 4.53. The minimum Gasteiger partial charge on any atom is -0.347 e. The molecule has 1 saturated heterocycles. The zero-order valence-electron chi connectivity index (χ0n) is 19.9. The fourth-order valence-corrected chi connectivity index (χ4v) is 4.60. The van der Waals surface area contributed by atoms with Crippen LogP contribution in [0.2, 0.25) is 0 Å². The number of nitrogens with zero attached hydrogens (tertiary/aromatic N) is 5. The molecule has 2 unspecified atom stereocenters. The van der Waals surface area contributed by atoms with Crippen molar-refractivity contribution in [2.75, 3.05) is 45.8 Å². The van der Waals surface area contributed by atoms with Gasteiger partial charge in [-0.1, -0.05) is 39.0 Å². The molecule has 1 aliphatic rings. The minimum atomic E-state index is 0.296. The first-order valence-corrected chi connectivity index (χ1v) is 12.4. The monoisotopic (exact) mass is 429 g/mol. The number of unbranched alkanes of at least 4 members (excludes halogenated alkanes) is 5. The number of aromatic nitrogens is 4.